The van der Waals surface area contributed by atoms with Crippen LogP contribution < -0.4 is 20.3 Å². The van der Waals surface area contributed by atoms with Crippen LogP contribution in [0.3, 0.4) is 0 Å². The van der Waals surface area contributed by atoms with E-state index in [-0.39, 0.29) is 17.7 Å². The number of anilines is 2. The fraction of sp³-hybridized carbons (Fsp3) is 0.194. The zero-order valence-corrected chi connectivity index (χ0v) is 22.2. The maximum atomic E-state index is 13.7. The van der Waals surface area contributed by atoms with Crippen molar-refractivity contribution in [1.82, 2.24) is 5.32 Å². The van der Waals surface area contributed by atoms with Crippen LogP contribution in [-0.4, -0.2) is 37.4 Å². The number of amides is 3. The van der Waals surface area contributed by atoms with E-state index in [9.17, 15) is 14.4 Å². The number of benzene rings is 3. The molecule has 0 radical (unpaired) electrons. The second kappa shape index (κ2) is 10.4. The lowest BCUT2D eigenvalue weighted by Gasteiger charge is -2.23. The zero-order chi connectivity index (χ0) is 26.9. The Bertz CT molecular complexity index is 1560. The summed E-state index contributed by atoms with van der Waals surface area (Å²) in [7, 11) is 1.58. The molecule has 1 saturated carbocycles. The monoisotopic (exact) mass is 537 g/mol. The number of nitrogens with zero attached hydrogens (tertiary/aromatic N) is 1. The lowest BCUT2D eigenvalue weighted by molar-refractivity contribution is 0.0952. The van der Waals surface area contributed by atoms with E-state index in [0.29, 0.717) is 46.4 Å². The van der Waals surface area contributed by atoms with Gasteiger partial charge in [0.15, 0.2) is 0 Å². The molecule has 4 aromatic rings. The van der Waals surface area contributed by atoms with Crippen molar-refractivity contribution in [3.63, 3.8) is 0 Å². The van der Waals surface area contributed by atoms with E-state index in [1.54, 1.807) is 60.5 Å². The largest absolute Gasteiger partial charge is 0.497 e. The van der Waals surface area contributed by atoms with Gasteiger partial charge >= 0.3 is 0 Å². The van der Waals surface area contributed by atoms with Crippen molar-refractivity contribution in [3.8, 4) is 16.2 Å². The average Bonchev–Trinajstić information content (AvgIpc) is 3.71. The third-order valence-corrected chi connectivity index (χ3v) is 8.19. The first-order valence-corrected chi connectivity index (χ1v) is 13.7. The molecule has 8 heteroatoms. The Labute approximate surface area is 230 Å². The van der Waals surface area contributed by atoms with Gasteiger partial charge in [-0.25, -0.2) is 0 Å². The standard InChI is InChI=1S/C31H27N3O4S/c1-38-24-14-8-19(9-15-24)29(35)32-22-10-6-20(7-11-22)31(37)34-17-16-21-18-27(30(36)33-23-12-13-23)39-28(21)25-4-2-3-5-26(25)34/h2-11,14-15,18,23H,12-13,16-17H2,1H3,(H,32,35)(H,33,36). The lowest BCUT2D eigenvalue weighted by Crippen LogP contribution is -2.32. The highest BCUT2D eigenvalue weighted by Gasteiger charge is 2.29. The first-order chi connectivity index (χ1) is 19.0. The van der Waals surface area contributed by atoms with E-state index in [1.807, 2.05) is 30.3 Å². The van der Waals surface area contributed by atoms with E-state index in [2.05, 4.69) is 10.6 Å². The number of fused-ring (bicyclic) bond motifs is 3. The molecule has 1 fully saturated rings. The van der Waals surface area contributed by atoms with Crippen LogP contribution in [0.2, 0.25) is 0 Å². The van der Waals surface area contributed by atoms with Gasteiger partial charge in [-0.05, 0) is 85.5 Å². The Balaban J connectivity index is 1.20. The van der Waals surface area contributed by atoms with Crippen LogP contribution in [0.15, 0.2) is 78.9 Å². The summed E-state index contributed by atoms with van der Waals surface area (Å²) < 4.78 is 5.14. The summed E-state index contributed by atoms with van der Waals surface area (Å²) in [4.78, 5) is 42.5. The topological polar surface area (TPSA) is 87.7 Å². The Morgan fingerprint density at radius 1 is 0.897 bits per heavy atom. The minimum absolute atomic E-state index is 0.0137. The number of hydrogen-bond acceptors (Lipinski definition) is 5. The van der Waals surface area contributed by atoms with Gasteiger partial charge in [0.2, 0.25) is 0 Å². The van der Waals surface area contributed by atoms with Gasteiger partial charge in [-0.1, -0.05) is 18.2 Å². The van der Waals surface area contributed by atoms with Crippen LogP contribution in [-0.2, 0) is 6.42 Å². The minimum Gasteiger partial charge on any atom is -0.497 e. The smallest absolute Gasteiger partial charge is 0.261 e. The van der Waals surface area contributed by atoms with Crippen molar-refractivity contribution in [1.29, 1.82) is 0 Å². The van der Waals surface area contributed by atoms with Gasteiger partial charge in [0.25, 0.3) is 17.7 Å². The molecule has 0 atom stereocenters. The van der Waals surface area contributed by atoms with Crippen molar-refractivity contribution >= 4 is 40.4 Å². The number of carbonyl (C=O) groups is 3. The molecule has 0 bridgehead atoms. The summed E-state index contributed by atoms with van der Waals surface area (Å²) in [5.41, 5.74) is 4.51. The van der Waals surface area contributed by atoms with Gasteiger partial charge in [0, 0.05) is 39.8 Å². The molecule has 0 spiro atoms. The van der Waals surface area contributed by atoms with Crippen LogP contribution >= 0.6 is 11.3 Å². The highest BCUT2D eigenvalue weighted by molar-refractivity contribution is 7.17. The summed E-state index contributed by atoms with van der Waals surface area (Å²) in [6.45, 7) is 0.499. The number of carbonyl (C=O) groups excluding carboxylic acids is 3. The molecule has 39 heavy (non-hydrogen) atoms. The Morgan fingerprint density at radius 2 is 1.62 bits per heavy atom. The maximum Gasteiger partial charge on any atom is 0.261 e. The lowest BCUT2D eigenvalue weighted by atomic mass is 10.1. The first kappa shape index (κ1) is 24.9. The van der Waals surface area contributed by atoms with E-state index in [4.69, 9.17) is 4.74 Å². The van der Waals surface area contributed by atoms with Crippen molar-refractivity contribution in [3.05, 3.63) is 100 Å². The van der Waals surface area contributed by atoms with Crippen LogP contribution in [0.25, 0.3) is 10.4 Å². The number of ether oxygens (including phenoxy) is 1. The molecule has 6 rings (SSSR count). The third kappa shape index (κ3) is 5.15. The molecule has 3 aromatic carbocycles. The molecular weight excluding hydrogens is 510 g/mol. The number of methoxy groups -OCH3 is 1. The SMILES string of the molecule is COc1ccc(C(=O)Nc2ccc(C(=O)N3CCc4cc(C(=O)NC5CC5)sc4-c4ccccc43)cc2)cc1. The van der Waals surface area contributed by atoms with Gasteiger partial charge in [0.1, 0.15) is 5.75 Å². The quantitative estimate of drug-likeness (QED) is 0.327. The fourth-order valence-electron chi connectivity index (χ4n) is 4.70. The number of thiophene rings is 1. The number of para-hydroxylation sites is 1. The third-order valence-electron chi connectivity index (χ3n) is 6.98. The molecule has 0 unspecified atom stereocenters. The van der Waals surface area contributed by atoms with Crippen LogP contribution in [0.1, 0.15) is 48.8 Å². The second-order valence-electron chi connectivity index (χ2n) is 9.70. The molecule has 196 valence electrons. The summed E-state index contributed by atoms with van der Waals surface area (Å²) in [6, 6.07) is 23.9. The molecule has 0 saturated heterocycles. The molecule has 3 amide bonds. The molecule has 1 aliphatic heterocycles. The molecule has 2 N–H and O–H groups in total. The number of hydrogen-bond donors (Lipinski definition) is 2. The molecule has 2 aliphatic rings. The normalized spacial score (nSPS) is 14.0. The highest BCUT2D eigenvalue weighted by atomic mass is 32.1. The maximum absolute atomic E-state index is 13.7. The predicted molar refractivity (Wildman–Crippen MR) is 153 cm³/mol. The molecule has 1 aromatic heterocycles. The molecule has 7 nitrogen and oxygen atoms in total. The van der Waals surface area contributed by atoms with E-state index in [1.165, 1.54) is 11.3 Å². The first-order valence-electron chi connectivity index (χ1n) is 12.9. The van der Waals surface area contributed by atoms with Crippen molar-refractivity contribution in [2.45, 2.75) is 25.3 Å². The summed E-state index contributed by atoms with van der Waals surface area (Å²) >= 11 is 1.49. The predicted octanol–water partition coefficient (Wildman–Crippen LogP) is 5.77. The average molecular weight is 538 g/mol. The molecular formula is C31H27N3O4S. The van der Waals surface area contributed by atoms with Crippen LogP contribution in [0.4, 0.5) is 11.4 Å². The minimum atomic E-state index is -0.241. The van der Waals surface area contributed by atoms with Crippen LogP contribution in [0, 0.1) is 0 Å². The van der Waals surface area contributed by atoms with Crippen molar-refractivity contribution < 1.29 is 19.1 Å². The van der Waals surface area contributed by atoms with Gasteiger partial charge < -0.3 is 20.3 Å². The van der Waals surface area contributed by atoms with Gasteiger partial charge in [0.05, 0.1) is 17.7 Å². The fourth-order valence-corrected chi connectivity index (χ4v) is 5.85. The highest BCUT2D eigenvalue weighted by Crippen LogP contribution is 2.42. The van der Waals surface area contributed by atoms with Gasteiger partial charge in [-0.2, -0.15) is 0 Å². The van der Waals surface area contributed by atoms with Gasteiger partial charge in [-0.15, -0.1) is 11.3 Å². The zero-order valence-electron chi connectivity index (χ0n) is 21.4. The molecule has 2 heterocycles. The summed E-state index contributed by atoms with van der Waals surface area (Å²) in [6.07, 6.45) is 2.75. The Morgan fingerprint density at radius 3 is 2.33 bits per heavy atom. The van der Waals surface area contributed by atoms with Crippen LogP contribution in [0.5, 0.6) is 5.75 Å². The Kier molecular flexibility index (Phi) is 6.62. The number of rotatable bonds is 6. The second-order valence-corrected chi connectivity index (χ2v) is 10.7. The van der Waals surface area contributed by atoms with Crippen molar-refractivity contribution in [2.24, 2.45) is 0 Å². The summed E-state index contributed by atoms with van der Waals surface area (Å²) in [5, 5.41) is 5.94. The van der Waals surface area contributed by atoms with E-state index >= 15 is 0 Å². The van der Waals surface area contributed by atoms with Gasteiger partial charge in [-0.3, -0.25) is 14.4 Å². The summed E-state index contributed by atoms with van der Waals surface area (Å²) in [5.74, 6) is 0.311. The molecule has 1 aliphatic carbocycles. The van der Waals surface area contributed by atoms with Crippen molar-refractivity contribution in [2.75, 3.05) is 23.9 Å². The Hall–Kier alpha value is -4.43. The van der Waals surface area contributed by atoms with E-state index in [0.717, 1.165) is 34.5 Å². The number of nitrogens with one attached hydrogen (secondary N) is 2. The van der Waals surface area contributed by atoms with E-state index < -0.39 is 0 Å².